The van der Waals surface area contributed by atoms with Crippen LogP contribution in [0.15, 0.2) is 69.6 Å². The second kappa shape index (κ2) is 19.6. The Morgan fingerprint density at radius 3 is 2.24 bits per heavy atom. The Kier molecular flexibility index (Phi) is 15.9. The molecule has 19 heteroatoms. The maximum Gasteiger partial charge on any atom is 0.303 e. The zero-order valence-electron chi connectivity index (χ0n) is 33.8. The third kappa shape index (κ3) is 13.5. The van der Waals surface area contributed by atoms with Gasteiger partial charge in [0.1, 0.15) is 34.8 Å². The molecule has 59 heavy (non-hydrogen) atoms. The topological polar surface area (TPSA) is 247 Å². The number of ether oxygens (including phenoxy) is 2. The van der Waals surface area contributed by atoms with Crippen LogP contribution >= 0.6 is 0 Å². The van der Waals surface area contributed by atoms with Crippen LogP contribution in [-0.2, 0) is 55.5 Å². The number of carboxylic acids is 1. The average Bonchev–Trinajstić information content (AvgIpc) is 3.34. The number of hydrogen-bond acceptors (Lipinski definition) is 14. The molecule has 1 N–H and O–H groups in total. The molecule has 2 heterocycles. The number of anilines is 1. The van der Waals surface area contributed by atoms with Crippen LogP contribution in [0.1, 0.15) is 76.7 Å². The predicted molar refractivity (Wildman–Crippen MR) is 218 cm³/mol. The number of aliphatic carboxylic acids is 1. The van der Waals surface area contributed by atoms with Gasteiger partial charge >= 0.3 is 5.97 Å². The number of carboxylic acid groups (broad SMARTS) is 1. The first-order valence-corrected chi connectivity index (χ1v) is 23.6. The molecule has 3 aliphatic rings. The molecule has 1 aliphatic carbocycles. The molecular formula is C40H52N2O14S3-2. The Bertz CT molecular complexity index is 2410. The minimum atomic E-state index is -4.87. The number of rotatable bonds is 21. The number of carbonyl (C=O) groups is 1. The van der Waals surface area contributed by atoms with E-state index in [0.717, 1.165) is 17.2 Å². The molecule has 2 aliphatic heterocycles. The summed E-state index contributed by atoms with van der Waals surface area (Å²) in [6.07, 6.45) is 5.39. The van der Waals surface area contributed by atoms with Gasteiger partial charge in [-0.15, -0.1) is 0 Å². The van der Waals surface area contributed by atoms with Gasteiger partial charge in [0.2, 0.25) is 5.36 Å². The minimum Gasteiger partial charge on any atom is -0.748 e. The van der Waals surface area contributed by atoms with Crippen molar-refractivity contribution in [2.24, 2.45) is 0 Å². The van der Waals surface area contributed by atoms with E-state index in [-0.39, 0.29) is 50.6 Å². The van der Waals surface area contributed by atoms with Crippen LogP contribution in [0.3, 0.4) is 0 Å². The Labute approximate surface area is 346 Å². The van der Waals surface area contributed by atoms with Crippen LogP contribution < -0.4 is 14.8 Å². The van der Waals surface area contributed by atoms with Crippen molar-refractivity contribution in [2.75, 3.05) is 63.0 Å². The van der Waals surface area contributed by atoms with Crippen molar-refractivity contribution in [3.8, 4) is 11.3 Å². The van der Waals surface area contributed by atoms with Crippen LogP contribution in [0.25, 0.3) is 17.4 Å². The molecule has 1 aromatic carbocycles. The first-order valence-electron chi connectivity index (χ1n) is 19.0. The van der Waals surface area contributed by atoms with Crippen LogP contribution in [0, 0.1) is 0 Å². The van der Waals surface area contributed by atoms with Crippen LogP contribution in [-0.4, -0.2) is 108 Å². The lowest BCUT2D eigenvalue weighted by Crippen LogP contribution is -2.35. The van der Waals surface area contributed by atoms with Crippen molar-refractivity contribution >= 4 is 48.1 Å². The number of fused-ring (bicyclic) bond motifs is 2. The van der Waals surface area contributed by atoms with E-state index in [9.17, 15) is 48.8 Å². The summed E-state index contributed by atoms with van der Waals surface area (Å²) in [6, 6.07) is 11.4. The quantitative estimate of drug-likeness (QED) is 0.0908. The Morgan fingerprint density at radius 1 is 0.915 bits per heavy atom. The van der Waals surface area contributed by atoms with E-state index in [1.54, 1.807) is 37.2 Å². The van der Waals surface area contributed by atoms with E-state index in [1.165, 1.54) is 12.1 Å². The molecule has 0 amide bonds. The minimum absolute atomic E-state index is 0.0398. The third-order valence-corrected chi connectivity index (χ3v) is 12.5. The van der Waals surface area contributed by atoms with Gasteiger partial charge in [-0.2, -0.15) is 0 Å². The highest BCUT2D eigenvalue weighted by molar-refractivity contribution is 7.86. The lowest BCUT2D eigenvalue weighted by molar-refractivity contribution is -0.137. The smallest absolute Gasteiger partial charge is 0.303 e. The lowest BCUT2D eigenvalue weighted by Gasteiger charge is -2.30. The molecule has 0 saturated carbocycles. The Morgan fingerprint density at radius 2 is 1.61 bits per heavy atom. The van der Waals surface area contributed by atoms with Gasteiger partial charge in [0, 0.05) is 66.4 Å². The molecule has 16 nitrogen and oxygen atoms in total. The van der Waals surface area contributed by atoms with E-state index >= 15 is 0 Å². The van der Waals surface area contributed by atoms with Crippen molar-refractivity contribution in [2.45, 2.75) is 75.5 Å². The molecular weight excluding hydrogens is 829 g/mol. The Balaban J connectivity index is 1.86. The molecule has 0 bridgehead atoms. The number of allylic oxidation sites excluding steroid dienone is 3. The number of nitrogens with zero attached hydrogens (tertiary/aromatic N) is 2. The molecule has 0 radical (unpaired) electrons. The second-order valence-electron chi connectivity index (χ2n) is 15.6. The van der Waals surface area contributed by atoms with Crippen LogP contribution in [0.2, 0.25) is 0 Å². The fourth-order valence-corrected chi connectivity index (χ4v) is 8.70. The predicted octanol–water partition coefficient (Wildman–Crippen LogP) is 3.82. The third-order valence-electron chi connectivity index (χ3n) is 10.1. The average molecular weight is 881 g/mol. The zero-order valence-corrected chi connectivity index (χ0v) is 36.3. The largest absolute Gasteiger partial charge is 0.748 e. The van der Waals surface area contributed by atoms with Gasteiger partial charge in [-0.3, -0.25) is 4.79 Å². The number of benzene rings is 2. The van der Waals surface area contributed by atoms with E-state index < -0.39 is 58.1 Å². The fourth-order valence-electron chi connectivity index (χ4n) is 7.23. The standard InChI is InChI=1S/C40H54N2O14S3/c1-39(2,3)33-27-30(56-36-26-29(13-15-32(33)36)41(18-8-24-57(45,46)47)20-21-55-23-22-54-5)10-6-11-37-40(4,17-7-12-38(43)44)34-28-31(59(51,52)53)14-16-35(34)42(37)19-9-25-58(48,49)50/h6,10-11,13-16,26-28H,7-9,12,17-25H2,1-5H3,(H3-,43,44,45,46,47,48,49,50,51,52,53)/p-2. The molecule has 0 aromatic heterocycles. The second-order valence-corrected chi connectivity index (χ2v) is 20.0. The summed E-state index contributed by atoms with van der Waals surface area (Å²) in [5.74, 6) is -1.26. The summed E-state index contributed by atoms with van der Waals surface area (Å²) in [5, 5.41) is 10.1. The van der Waals surface area contributed by atoms with Gasteiger partial charge in [0.15, 0.2) is 6.54 Å². The molecule has 0 saturated heterocycles. The summed E-state index contributed by atoms with van der Waals surface area (Å²) in [6.45, 7) is 9.70. The fraction of sp³-hybridized carbons (Fsp3) is 0.500. The van der Waals surface area contributed by atoms with Gasteiger partial charge in [-0.1, -0.05) is 26.8 Å². The molecule has 326 valence electrons. The molecule has 1 unspecified atom stereocenters. The highest BCUT2D eigenvalue weighted by Gasteiger charge is 2.43. The highest BCUT2D eigenvalue weighted by Crippen LogP contribution is 2.51. The number of methoxy groups -OCH3 is 1. The molecule has 0 spiro atoms. The number of hydrogen-bond donors (Lipinski definition) is 1. The van der Waals surface area contributed by atoms with E-state index in [2.05, 4.69) is 0 Å². The first-order chi connectivity index (χ1) is 27.4. The normalized spacial score (nSPS) is 17.6. The maximum absolute atomic E-state index is 12.1. The van der Waals surface area contributed by atoms with Crippen molar-refractivity contribution in [1.82, 2.24) is 4.58 Å². The summed E-state index contributed by atoms with van der Waals surface area (Å²) >= 11 is 0. The van der Waals surface area contributed by atoms with Gasteiger partial charge in [0.25, 0.3) is 0 Å². The summed E-state index contributed by atoms with van der Waals surface area (Å²) in [4.78, 5) is 12.8. The van der Waals surface area contributed by atoms with Crippen molar-refractivity contribution in [1.29, 1.82) is 0 Å². The molecule has 4 rings (SSSR count). The zero-order chi connectivity index (χ0) is 43.8. The summed E-state index contributed by atoms with van der Waals surface area (Å²) < 4.78 is 124. The molecule has 0 fully saturated rings. The van der Waals surface area contributed by atoms with E-state index in [1.807, 2.05) is 49.6 Å². The highest BCUT2D eigenvalue weighted by atomic mass is 32.2. The van der Waals surface area contributed by atoms with E-state index in [0.29, 0.717) is 60.2 Å². The van der Waals surface area contributed by atoms with Gasteiger partial charge in [0.05, 0.1) is 44.4 Å². The van der Waals surface area contributed by atoms with Gasteiger partial charge < -0.3 is 37.6 Å². The molecule has 1 atom stereocenters. The van der Waals surface area contributed by atoms with E-state index in [4.69, 9.17) is 13.9 Å². The SMILES string of the molecule is COCCOCC[N+](CCCS(=O)(=O)[O-])=c1ccc2c(C(C)(C)C)cc(/C=C/C=C3/N(CCCS(=O)(=O)[O-])c4ccc(S(=O)(=O)[O-])cc4C3(C)CCCC(=O)O)oc-2c1. The summed E-state index contributed by atoms with van der Waals surface area (Å²) in [5.41, 5.74) is 1.85. The first kappa shape index (κ1) is 47.7. The van der Waals surface area contributed by atoms with Crippen molar-refractivity contribution < 1.29 is 62.7 Å². The molecule has 1 aromatic rings. The van der Waals surface area contributed by atoms with Crippen molar-refractivity contribution in [3.63, 3.8) is 0 Å². The van der Waals surface area contributed by atoms with Crippen LogP contribution in [0.5, 0.6) is 0 Å². The van der Waals surface area contributed by atoms with Gasteiger partial charge in [-0.25, -0.2) is 29.8 Å². The van der Waals surface area contributed by atoms with Gasteiger partial charge in [-0.05, 0) is 85.2 Å². The van der Waals surface area contributed by atoms with Crippen LogP contribution in [0.4, 0.5) is 5.69 Å². The monoisotopic (exact) mass is 880 g/mol. The Hall–Kier alpha value is -3.95. The van der Waals surface area contributed by atoms with Crippen molar-refractivity contribution in [3.05, 3.63) is 82.6 Å². The summed E-state index contributed by atoms with van der Waals surface area (Å²) in [7, 11) is -12.3. The maximum atomic E-state index is 12.1. The lowest BCUT2D eigenvalue weighted by atomic mass is 9.77.